The van der Waals surface area contributed by atoms with Gasteiger partial charge in [-0.2, -0.15) is 5.26 Å². The Hall–Kier alpha value is -2.19. The molecule has 1 aromatic carbocycles. The molecule has 0 aliphatic rings. The Morgan fingerprint density at radius 2 is 2.05 bits per heavy atom. The first kappa shape index (κ1) is 16.2. The van der Waals surface area contributed by atoms with Crippen molar-refractivity contribution in [2.45, 2.75) is 18.3 Å². The number of esters is 1. The molecule has 0 aliphatic carbocycles. The lowest BCUT2D eigenvalue weighted by Crippen LogP contribution is -2.15. The van der Waals surface area contributed by atoms with Crippen molar-refractivity contribution in [3.05, 3.63) is 64.4 Å². The highest BCUT2D eigenvalue weighted by atomic mass is 79.9. The van der Waals surface area contributed by atoms with Crippen molar-refractivity contribution in [3.8, 4) is 6.07 Å². The van der Waals surface area contributed by atoms with Gasteiger partial charge in [-0.3, -0.25) is 9.78 Å². The van der Waals surface area contributed by atoms with Crippen LogP contribution >= 0.6 is 15.9 Å². The number of nitrogens with zero attached hydrogens (tertiary/aromatic N) is 2. The van der Waals surface area contributed by atoms with E-state index in [1.807, 2.05) is 30.3 Å². The van der Waals surface area contributed by atoms with Crippen LogP contribution in [0.5, 0.6) is 0 Å². The van der Waals surface area contributed by atoms with Gasteiger partial charge in [-0.1, -0.05) is 34.1 Å². The summed E-state index contributed by atoms with van der Waals surface area (Å²) in [5.74, 6) is -1.08. The normalized spacial score (nSPS) is 13.0. The van der Waals surface area contributed by atoms with Crippen LogP contribution in [-0.2, 0) is 9.53 Å². The molecule has 1 heterocycles. The summed E-state index contributed by atoms with van der Waals surface area (Å²) in [5.41, 5.74) is 1.71. The molecule has 0 saturated carbocycles. The van der Waals surface area contributed by atoms with E-state index in [9.17, 15) is 10.1 Å². The molecule has 4 nitrogen and oxygen atoms in total. The van der Waals surface area contributed by atoms with Crippen LogP contribution < -0.4 is 0 Å². The number of carbonyl (C=O) groups is 1. The number of nitriles is 1. The number of methoxy groups -OCH3 is 1. The van der Waals surface area contributed by atoms with Crippen LogP contribution in [0.25, 0.3) is 0 Å². The Morgan fingerprint density at radius 3 is 2.59 bits per heavy atom. The number of pyridine rings is 1. The van der Waals surface area contributed by atoms with Crippen molar-refractivity contribution in [2.75, 3.05) is 7.11 Å². The monoisotopic (exact) mass is 358 g/mol. The number of hydrogen-bond acceptors (Lipinski definition) is 4. The lowest BCUT2D eigenvalue weighted by Gasteiger charge is -2.21. The topological polar surface area (TPSA) is 63.0 Å². The fourth-order valence-electron chi connectivity index (χ4n) is 2.36. The first-order valence-electron chi connectivity index (χ1n) is 6.77. The third kappa shape index (κ3) is 3.92. The third-order valence-corrected chi connectivity index (χ3v) is 4.03. The zero-order valence-electron chi connectivity index (χ0n) is 12.1. The van der Waals surface area contributed by atoms with E-state index in [4.69, 9.17) is 4.74 Å². The fourth-order valence-corrected chi connectivity index (χ4v) is 2.62. The van der Waals surface area contributed by atoms with Gasteiger partial charge in [0, 0.05) is 22.8 Å². The molecular formula is C17H15BrN2O2. The maximum atomic E-state index is 11.8. The number of hydrogen-bond donors (Lipinski definition) is 0. The first-order valence-corrected chi connectivity index (χ1v) is 7.57. The van der Waals surface area contributed by atoms with E-state index in [0.29, 0.717) is 0 Å². The van der Waals surface area contributed by atoms with E-state index >= 15 is 0 Å². The molecule has 2 rings (SSSR count). The van der Waals surface area contributed by atoms with Gasteiger partial charge in [-0.15, -0.1) is 0 Å². The molecule has 2 atom stereocenters. The number of halogens is 1. The van der Waals surface area contributed by atoms with Crippen LogP contribution in [0.4, 0.5) is 0 Å². The Morgan fingerprint density at radius 1 is 1.32 bits per heavy atom. The molecule has 22 heavy (non-hydrogen) atoms. The molecule has 0 spiro atoms. The summed E-state index contributed by atoms with van der Waals surface area (Å²) in [6.07, 6.45) is 3.47. The Balaban J connectivity index is 2.40. The molecule has 2 aromatic rings. The zero-order chi connectivity index (χ0) is 15.9. The molecule has 1 aromatic heterocycles. The average Bonchev–Trinajstić information content (AvgIpc) is 2.56. The van der Waals surface area contributed by atoms with Crippen molar-refractivity contribution in [1.82, 2.24) is 4.98 Å². The van der Waals surface area contributed by atoms with Crippen molar-refractivity contribution < 1.29 is 9.53 Å². The van der Waals surface area contributed by atoms with Gasteiger partial charge in [-0.05, 0) is 29.3 Å². The predicted octanol–water partition coefficient (Wildman–Crippen LogP) is 3.80. The van der Waals surface area contributed by atoms with E-state index in [0.717, 1.165) is 15.6 Å². The minimum atomic E-state index is -0.464. The van der Waals surface area contributed by atoms with E-state index in [1.165, 1.54) is 7.11 Å². The third-order valence-electron chi connectivity index (χ3n) is 3.50. The van der Waals surface area contributed by atoms with Crippen molar-refractivity contribution in [3.63, 3.8) is 0 Å². The summed E-state index contributed by atoms with van der Waals surface area (Å²) in [6.45, 7) is 0. The van der Waals surface area contributed by atoms with E-state index < -0.39 is 5.92 Å². The maximum absolute atomic E-state index is 11.8. The summed E-state index contributed by atoms with van der Waals surface area (Å²) >= 11 is 3.39. The lowest BCUT2D eigenvalue weighted by atomic mass is 9.81. The number of carbonyl (C=O) groups excluding carboxylic acids is 1. The van der Waals surface area contributed by atoms with Gasteiger partial charge in [0.2, 0.25) is 0 Å². The molecule has 0 bridgehead atoms. The number of benzene rings is 1. The fraction of sp³-hybridized carbons (Fsp3) is 0.235. The average molecular weight is 359 g/mol. The lowest BCUT2D eigenvalue weighted by molar-refractivity contribution is -0.141. The van der Waals surface area contributed by atoms with Gasteiger partial charge in [0.25, 0.3) is 0 Å². The summed E-state index contributed by atoms with van der Waals surface area (Å²) < 4.78 is 5.73. The summed E-state index contributed by atoms with van der Waals surface area (Å²) in [4.78, 5) is 15.8. The van der Waals surface area contributed by atoms with E-state index in [1.54, 1.807) is 18.5 Å². The molecule has 5 heteroatoms. The summed E-state index contributed by atoms with van der Waals surface area (Å²) in [6, 6.07) is 13.6. The second kappa shape index (κ2) is 7.71. The number of ether oxygens (including phenoxy) is 1. The SMILES string of the molecule is COC(=O)CC(c1ccc(Br)cc1)C(C#N)c1cccnc1. The van der Waals surface area contributed by atoms with Gasteiger partial charge in [-0.25, -0.2) is 0 Å². The molecule has 0 amide bonds. The van der Waals surface area contributed by atoms with E-state index in [-0.39, 0.29) is 18.3 Å². The molecule has 2 unspecified atom stereocenters. The van der Waals surface area contributed by atoms with Gasteiger partial charge in [0.1, 0.15) is 0 Å². The van der Waals surface area contributed by atoms with Crippen LogP contribution in [-0.4, -0.2) is 18.1 Å². The quantitative estimate of drug-likeness (QED) is 0.762. The Bertz CT molecular complexity index is 665. The van der Waals surface area contributed by atoms with Crippen molar-refractivity contribution >= 4 is 21.9 Å². The highest BCUT2D eigenvalue weighted by molar-refractivity contribution is 9.10. The van der Waals surface area contributed by atoms with Crippen molar-refractivity contribution in [1.29, 1.82) is 5.26 Å². The van der Waals surface area contributed by atoms with Crippen molar-refractivity contribution in [2.24, 2.45) is 0 Å². The highest BCUT2D eigenvalue weighted by Gasteiger charge is 2.27. The van der Waals surface area contributed by atoms with Gasteiger partial charge in [0.15, 0.2) is 0 Å². The number of aromatic nitrogens is 1. The molecule has 0 N–H and O–H groups in total. The molecule has 0 aliphatic heterocycles. The molecule has 112 valence electrons. The van der Waals surface area contributed by atoms with Crippen LogP contribution in [0.15, 0.2) is 53.3 Å². The second-order valence-electron chi connectivity index (χ2n) is 4.83. The highest BCUT2D eigenvalue weighted by Crippen LogP contribution is 2.35. The molecule has 0 radical (unpaired) electrons. The summed E-state index contributed by atoms with van der Waals surface area (Å²) in [7, 11) is 1.35. The molecular weight excluding hydrogens is 344 g/mol. The Labute approximate surface area is 137 Å². The van der Waals surface area contributed by atoms with Crippen LogP contribution in [0.2, 0.25) is 0 Å². The van der Waals surface area contributed by atoms with E-state index in [2.05, 4.69) is 27.0 Å². The van der Waals surface area contributed by atoms with Gasteiger partial charge in [0.05, 0.1) is 25.5 Å². The molecule has 0 saturated heterocycles. The smallest absolute Gasteiger partial charge is 0.306 e. The molecule has 0 fully saturated rings. The minimum Gasteiger partial charge on any atom is -0.469 e. The van der Waals surface area contributed by atoms with Crippen LogP contribution in [0.3, 0.4) is 0 Å². The zero-order valence-corrected chi connectivity index (χ0v) is 13.7. The first-order chi connectivity index (χ1) is 10.7. The minimum absolute atomic E-state index is 0.144. The largest absolute Gasteiger partial charge is 0.469 e. The van der Waals surface area contributed by atoms with Crippen LogP contribution in [0.1, 0.15) is 29.4 Å². The van der Waals surface area contributed by atoms with Crippen LogP contribution in [0, 0.1) is 11.3 Å². The number of rotatable bonds is 5. The summed E-state index contributed by atoms with van der Waals surface area (Å²) in [5, 5.41) is 9.61. The second-order valence-corrected chi connectivity index (χ2v) is 5.75. The predicted molar refractivity (Wildman–Crippen MR) is 86.1 cm³/mol. The standard InChI is InChI=1S/C17H15BrN2O2/c1-22-17(21)9-15(12-4-6-14(18)7-5-12)16(10-19)13-3-2-8-20-11-13/h2-8,11,15-16H,9H2,1H3. The van der Waals surface area contributed by atoms with Gasteiger partial charge >= 0.3 is 5.97 Å². The Kier molecular flexibility index (Phi) is 5.68. The maximum Gasteiger partial charge on any atom is 0.306 e. The van der Waals surface area contributed by atoms with Gasteiger partial charge < -0.3 is 4.74 Å².